The number of aryl methyl sites for hydroxylation is 1. The van der Waals surface area contributed by atoms with Gasteiger partial charge in [-0.1, -0.05) is 54.6 Å². The standard InChI is InChI=1S/C27H20N2O3/c1-17-7-6-10-21(15-17)29-24(22-11-4-5-14-28-22)23(26(31)27(29)32)25(30)20-13-12-18-8-2-3-9-19(18)16-20/h2-16,24,30H,1H3/b25-23-. The van der Waals surface area contributed by atoms with Crippen LogP contribution in [0.25, 0.3) is 16.5 Å². The van der Waals surface area contributed by atoms with Gasteiger partial charge in [0.15, 0.2) is 0 Å². The van der Waals surface area contributed by atoms with Crippen molar-refractivity contribution in [1.82, 2.24) is 4.98 Å². The smallest absolute Gasteiger partial charge is 0.300 e. The topological polar surface area (TPSA) is 70.5 Å². The van der Waals surface area contributed by atoms with Gasteiger partial charge in [0.2, 0.25) is 0 Å². The van der Waals surface area contributed by atoms with Crippen molar-refractivity contribution in [2.24, 2.45) is 0 Å². The SMILES string of the molecule is Cc1cccc(N2C(=O)C(=O)/C(=C(\O)c3ccc4ccccc4c3)C2c2ccccn2)c1. The number of rotatable bonds is 3. The molecule has 32 heavy (non-hydrogen) atoms. The zero-order valence-corrected chi connectivity index (χ0v) is 17.4. The van der Waals surface area contributed by atoms with Gasteiger partial charge in [0.25, 0.3) is 11.7 Å². The largest absolute Gasteiger partial charge is 0.507 e. The minimum absolute atomic E-state index is 0.0329. The summed E-state index contributed by atoms with van der Waals surface area (Å²) < 4.78 is 0. The third-order valence-electron chi connectivity index (χ3n) is 5.72. The number of ketones is 1. The second-order valence-corrected chi connectivity index (χ2v) is 7.82. The first-order valence-corrected chi connectivity index (χ1v) is 10.3. The van der Waals surface area contributed by atoms with E-state index in [0.29, 0.717) is 16.9 Å². The van der Waals surface area contributed by atoms with Crippen molar-refractivity contribution >= 4 is 33.9 Å². The number of fused-ring (bicyclic) bond motifs is 1. The lowest BCUT2D eigenvalue weighted by Gasteiger charge is -2.24. The van der Waals surface area contributed by atoms with E-state index < -0.39 is 17.7 Å². The van der Waals surface area contributed by atoms with E-state index in [0.717, 1.165) is 16.3 Å². The monoisotopic (exact) mass is 420 g/mol. The molecule has 1 N–H and O–H groups in total. The van der Waals surface area contributed by atoms with E-state index >= 15 is 0 Å². The Morgan fingerprint density at radius 1 is 0.875 bits per heavy atom. The molecule has 5 heteroatoms. The fraction of sp³-hybridized carbons (Fsp3) is 0.0741. The van der Waals surface area contributed by atoms with Crippen molar-refractivity contribution in [1.29, 1.82) is 0 Å². The molecule has 1 aliphatic rings. The number of hydrogen-bond donors (Lipinski definition) is 1. The molecule has 4 aromatic rings. The van der Waals surface area contributed by atoms with Crippen LogP contribution in [0.15, 0.2) is 96.7 Å². The van der Waals surface area contributed by atoms with Crippen molar-refractivity contribution in [3.8, 4) is 0 Å². The van der Waals surface area contributed by atoms with Gasteiger partial charge in [-0.15, -0.1) is 0 Å². The highest BCUT2D eigenvalue weighted by Crippen LogP contribution is 2.41. The van der Waals surface area contributed by atoms with E-state index in [1.165, 1.54) is 4.90 Å². The van der Waals surface area contributed by atoms with Crippen LogP contribution >= 0.6 is 0 Å². The fourth-order valence-electron chi connectivity index (χ4n) is 4.19. The molecule has 2 heterocycles. The van der Waals surface area contributed by atoms with Crippen molar-refractivity contribution in [3.63, 3.8) is 0 Å². The molecule has 1 aromatic heterocycles. The van der Waals surface area contributed by atoms with Crippen LogP contribution in [0, 0.1) is 6.92 Å². The number of pyridine rings is 1. The van der Waals surface area contributed by atoms with Crippen LogP contribution in [0.5, 0.6) is 0 Å². The minimum Gasteiger partial charge on any atom is -0.507 e. The predicted octanol–water partition coefficient (Wildman–Crippen LogP) is 5.17. The highest BCUT2D eigenvalue weighted by molar-refractivity contribution is 6.51. The molecule has 156 valence electrons. The molecule has 0 aliphatic carbocycles. The summed E-state index contributed by atoms with van der Waals surface area (Å²) in [6.45, 7) is 1.92. The molecule has 0 bridgehead atoms. The highest BCUT2D eigenvalue weighted by Gasteiger charge is 2.47. The number of carbonyl (C=O) groups is 2. The lowest BCUT2D eigenvalue weighted by Crippen LogP contribution is -2.29. The highest BCUT2D eigenvalue weighted by atomic mass is 16.3. The Hall–Kier alpha value is -4.25. The molecule has 1 saturated heterocycles. The zero-order chi connectivity index (χ0) is 22.2. The quantitative estimate of drug-likeness (QED) is 0.282. The zero-order valence-electron chi connectivity index (χ0n) is 17.4. The number of aromatic nitrogens is 1. The molecule has 0 saturated carbocycles. The summed E-state index contributed by atoms with van der Waals surface area (Å²) in [6.07, 6.45) is 1.61. The van der Waals surface area contributed by atoms with Crippen LogP contribution in [-0.2, 0) is 9.59 Å². The fourth-order valence-corrected chi connectivity index (χ4v) is 4.19. The number of aliphatic hydroxyl groups is 1. The second kappa shape index (κ2) is 7.78. The van der Waals surface area contributed by atoms with E-state index in [4.69, 9.17) is 0 Å². The first-order chi connectivity index (χ1) is 15.5. The van der Waals surface area contributed by atoms with Crippen LogP contribution in [0.4, 0.5) is 5.69 Å². The number of nitrogens with zero attached hydrogens (tertiary/aromatic N) is 2. The molecule has 3 aromatic carbocycles. The van der Waals surface area contributed by atoms with Crippen LogP contribution in [-0.4, -0.2) is 21.8 Å². The predicted molar refractivity (Wildman–Crippen MR) is 124 cm³/mol. The number of Topliss-reactive ketones (excluding diaryl/α,β-unsaturated/α-hetero) is 1. The molecular formula is C27H20N2O3. The van der Waals surface area contributed by atoms with Crippen LogP contribution in [0.3, 0.4) is 0 Å². The summed E-state index contributed by atoms with van der Waals surface area (Å²) in [5, 5.41) is 13.2. The van der Waals surface area contributed by atoms with E-state index in [9.17, 15) is 14.7 Å². The molecular weight excluding hydrogens is 400 g/mol. The lowest BCUT2D eigenvalue weighted by atomic mass is 9.97. The van der Waals surface area contributed by atoms with Crippen molar-refractivity contribution in [2.45, 2.75) is 13.0 Å². The number of anilines is 1. The first kappa shape index (κ1) is 19.7. The van der Waals surface area contributed by atoms with Gasteiger partial charge in [0.05, 0.1) is 11.3 Å². The Balaban J connectivity index is 1.73. The van der Waals surface area contributed by atoms with E-state index in [1.54, 1.807) is 36.5 Å². The van der Waals surface area contributed by atoms with Gasteiger partial charge in [-0.05, 0) is 53.6 Å². The van der Waals surface area contributed by atoms with Gasteiger partial charge >= 0.3 is 0 Å². The summed E-state index contributed by atoms with van der Waals surface area (Å²) in [7, 11) is 0. The number of hydrogen-bond acceptors (Lipinski definition) is 4. The summed E-state index contributed by atoms with van der Waals surface area (Å²) >= 11 is 0. The average molecular weight is 420 g/mol. The van der Waals surface area contributed by atoms with Gasteiger partial charge in [0, 0.05) is 17.4 Å². The Morgan fingerprint density at radius 3 is 2.41 bits per heavy atom. The van der Waals surface area contributed by atoms with Gasteiger partial charge in [-0.3, -0.25) is 19.5 Å². The molecule has 0 spiro atoms. The third-order valence-corrected chi connectivity index (χ3v) is 5.72. The molecule has 1 atom stereocenters. The van der Waals surface area contributed by atoms with Crippen LogP contribution in [0.1, 0.15) is 22.9 Å². The van der Waals surface area contributed by atoms with Crippen molar-refractivity contribution < 1.29 is 14.7 Å². The Labute approximate surface area is 185 Å². The summed E-state index contributed by atoms with van der Waals surface area (Å²) in [5.74, 6) is -1.62. The summed E-state index contributed by atoms with van der Waals surface area (Å²) in [6, 6.07) is 25.1. The number of carbonyl (C=O) groups excluding carboxylic acids is 2. The van der Waals surface area contributed by atoms with Crippen molar-refractivity contribution in [3.05, 3.63) is 114 Å². The lowest BCUT2D eigenvalue weighted by molar-refractivity contribution is -0.132. The van der Waals surface area contributed by atoms with Gasteiger partial charge in [-0.2, -0.15) is 0 Å². The summed E-state index contributed by atoms with van der Waals surface area (Å²) in [5.41, 5.74) is 2.56. The van der Waals surface area contributed by atoms with E-state index in [2.05, 4.69) is 4.98 Å². The Morgan fingerprint density at radius 2 is 1.66 bits per heavy atom. The van der Waals surface area contributed by atoms with Crippen molar-refractivity contribution in [2.75, 3.05) is 4.90 Å². The molecule has 1 aliphatic heterocycles. The molecule has 1 fully saturated rings. The van der Waals surface area contributed by atoms with Gasteiger partial charge in [0.1, 0.15) is 11.8 Å². The minimum atomic E-state index is -0.829. The molecule has 5 nitrogen and oxygen atoms in total. The number of benzene rings is 3. The molecule has 1 unspecified atom stereocenters. The van der Waals surface area contributed by atoms with Gasteiger partial charge in [-0.25, -0.2) is 0 Å². The van der Waals surface area contributed by atoms with Gasteiger partial charge < -0.3 is 5.11 Å². The van der Waals surface area contributed by atoms with Crippen LogP contribution < -0.4 is 4.90 Å². The van der Waals surface area contributed by atoms with E-state index in [-0.39, 0.29) is 11.3 Å². The Bertz CT molecular complexity index is 1390. The summed E-state index contributed by atoms with van der Waals surface area (Å²) in [4.78, 5) is 32.2. The maximum Gasteiger partial charge on any atom is 0.300 e. The number of amides is 1. The maximum atomic E-state index is 13.2. The molecule has 5 rings (SSSR count). The first-order valence-electron chi connectivity index (χ1n) is 10.3. The normalized spacial score (nSPS) is 17.8. The Kier molecular flexibility index (Phi) is 4.79. The third kappa shape index (κ3) is 3.24. The number of aliphatic hydroxyl groups excluding tert-OH is 1. The van der Waals surface area contributed by atoms with Crippen LogP contribution in [0.2, 0.25) is 0 Å². The van der Waals surface area contributed by atoms with E-state index in [1.807, 2.05) is 61.5 Å². The average Bonchev–Trinajstić information content (AvgIpc) is 3.09. The second-order valence-electron chi connectivity index (χ2n) is 7.82. The molecule has 0 radical (unpaired) electrons. The molecule has 1 amide bonds. The maximum absolute atomic E-state index is 13.2.